The lowest BCUT2D eigenvalue weighted by Gasteiger charge is -2.38. The Morgan fingerprint density at radius 1 is 1.16 bits per heavy atom. The molecule has 6 heteroatoms. The maximum Gasteiger partial charge on any atom is 0.228 e. The van der Waals surface area contributed by atoms with Gasteiger partial charge in [-0.15, -0.1) is 0 Å². The fraction of sp³-hybridized carbons (Fsp3) is 0.737. The topological polar surface area (TPSA) is 61.4 Å². The molecule has 6 nitrogen and oxygen atoms in total. The molecule has 0 unspecified atom stereocenters. The van der Waals surface area contributed by atoms with Gasteiger partial charge in [0.05, 0.1) is 0 Å². The molecule has 2 aliphatic rings. The molecule has 1 saturated carbocycles. The Labute approximate surface area is 151 Å². The minimum atomic E-state index is 0.0494. The minimum Gasteiger partial charge on any atom is -0.354 e. The van der Waals surface area contributed by atoms with E-state index in [1.165, 1.54) is 25.7 Å². The fourth-order valence-corrected chi connectivity index (χ4v) is 4.06. The van der Waals surface area contributed by atoms with Gasteiger partial charge in [0.2, 0.25) is 5.91 Å². The van der Waals surface area contributed by atoms with Crippen molar-refractivity contribution in [1.29, 1.82) is 0 Å². The van der Waals surface area contributed by atoms with Crippen LogP contribution in [0.25, 0.3) is 0 Å². The maximum atomic E-state index is 12.3. The Bertz CT molecular complexity index is 561. The molecule has 1 aromatic rings. The summed E-state index contributed by atoms with van der Waals surface area (Å²) in [5.74, 6) is 1.63. The van der Waals surface area contributed by atoms with Crippen molar-refractivity contribution in [3.05, 3.63) is 12.4 Å². The molecule has 2 fully saturated rings. The zero-order valence-corrected chi connectivity index (χ0v) is 15.6. The van der Waals surface area contributed by atoms with Gasteiger partial charge < -0.3 is 10.2 Å². The van der Waals surface area contributed by atoms with Gasteiger partial charge in [0, 0.05) is 44.2 Å². The van der Waals surface area contributed by atoms with Crippen LogP contribution < -0.4 is 10.2 Å². The van der Waals surface area contributed by atoms with Crippen LogP contribution >= 0.6 is 0 Å². The van der Waals surface area contributed by atoms with Crippen LogP contribution in [0.4, 0.5) is 11.6 Å². The van der Waals surface area contributed by atoms with Crippen molar-refractivity contribution in [3.63, 3.8) is 0 Å². The molecule has 1 aliphatic heterocycles. The largest absolute Gasteiger partial charge is 0.354 e. The first kappa shape index (κ1) is 18.1. The molecule has 0 aromatic carbocycles. The molecule has 1 N–H and O–H groups in total. The molecular weight excluding hydrogens is 314 g/mol. The molecule has 25 heavy (non-hydrogen) atoms. The second kappa shape index (κ2) is 8.61. The summed E-state index contributed by atoms with van der Waals surface area (Å²) in [5, 5.41) is 2.95. The monoisotopic (exact) mass is 345 g/mol. The number of nitrogens with zero attached hydrogens (tertiary/aromatic N) is 4. The van der Waals surface area contributed by atoms with Crippen molar-refractivity contribution in [2.24, 2.45) is 5.92 Å². The second-order valence-corrected chi connectivity index (χ2v) is 7.23. The third kappa shape index (κ3) is 4.48. The molecule has 0 spiro atoms. The lowest BCUT2D eigenvalue weighted by Crippen LogP contribution is -2.50. The number of rotatable bonds is 6. The van der Waals surface area contributed by atoms with Gasteiger partial charge in [0.1, 0.15) is 18.0 Å². The molecule has 0 bridgehead atoms. The van der Waals surface area contributed by atoms with Crippen LogP contribution in [0.5, 0.6) is 0 Å². The molecule has 138 valence electrons. The van der Waals surface area contributed by atoms with Crippen LogP contribution in [-0.4, -0.2) is 53.0 Å². The van der Waals surface area contributed by atoms with Crippen molar-refractivity contribution in [3.8, 4) is 0 Å². The number of hydrogen-bond donors (Lipinski definition) is 1. The quantitative estimate of drug-likeness (QED) is 0.859. The molecule has 3 rings (SSSR count). The average Bonchev–Trinajstić information content (AvgIpc) is 3.18. The molecule has 0 radical (unpaired) electrons. The van der Waals surface area contributed by atoms with Gasteiger partial charge in [0.15, 0.2) is 0 Å². The highest BCUT2D eigenvalue weighted by Gasteiger charge is 2.26. The molecule has 2 heterocycles. The predicted molar refractivity (Wildman–Crippen MR) is 101 cm³/mol. The number of carbonyl (C=O) groups excluding carboxylic acids is 1. The van der Waals surface area contributed by atoms with Gasteiger partial charge >= 0.3 is 0 Å². The van der Waals surface area contributed by atoms with Gasteiger partial charge in [0.25, 0.3) is 0 Å². The third-order valence-corrected chi connectivity index (χ3v) is 5.74. The zero-order valence-electron chi connectivity index (χ0n) is 15.6. The van der Waals surface area contributed by atoms with Gasteiger partial charge in [-0.25, -0.2) is 9.97 Å². The minimum absolute atomic E-state index is 0.0494. The van der Waals surface area contributed by atoms with Crippen LogP contribution in [0.15, 0.2) is 12.4 Å². The number of nitrogens with one attached hydrogen (secondary N) is 1. The molecule has 1 saturated heterocycles. The SMILES string of the molecule is CCC(CC)C(=O)Nc1cc(N2CCN(C3CCCC3)CC2)ncn1. The molecule has 1 amide bonds. The van der Waals surface area contributed by atoms with Crippen molar-refractivity contribution >= 4 is 17.5 Å². The Kier molecular flexibility index (Phi) is 6.24. The van der Waals surface area contributed by atoms with Gasteiger partial charge in [-0.3, -0.25) is 9.69 Å². The van der Waals surface area contributed by atoms with E-state index in [2.05, 4.69) is 25.1 Å². The van der Waals surface area contributed by atoms with Gasteiger partial charge in [-0.1, -0.05) is 26.7 Å². The van der Waals surface area contributed by atoms with E-state index in [1.807, 2.05) is 19.9 Å². The van der Waals surface area contributed by atoms with E-state index in [9.17, 15) is 4.79 Å². The number of anilines is 2. The number of amides is 1. The number of hydrogen-bond acceptors (Lipinski definition) is 5. The summed E-state index contributed by atoms with van der Waals surface area (Å²) in [4.78, 5) is 25.9. The smallest absolute Gasteiger partial charge is 0.228 e. The van der Waals surface area contributed by atoms with Crippen LogP contribution in [0, 0.1) is 5.92 Å². The number of carbonyl (C=O) groups is 1. The van der Waals surface area contributed by atoms with E-state index in [4.69, 9.17) is 0 Å². The number of aromatic nitrogens is 2. The van der Waals surface area contributed by atoms with E-state index in [0.29, 0.717) is 5.82 Å². The number of piperazine rings is 1. The third-order valence-electron chi connectivity index (χ3n) is 5.74. The Hall–Kier alpha value is -1.69. The van der Waals surface area contributed by atoms with E-state index in [0.717, 1.165) is 50.9 Å². The van der Waals surface area contributed by atoms with Gasteiger partial charge in [-0.2, -0.15) is 0 Å². The molecule has 1 aliphatic carbocycles. The first-order valence-electron chi connectivity index (χ1n) is 9.83. The van der Waals surface area contributed by atoms with E-state index >= 15 is 0 Å². The highest BCUT2D eigenvalue weighted by molar-refractivity contribution is 5.91. The van der Waals surface area contributed by atoms with Gasteiger partial charge in [-0.05, 0) is 25.7 Å². The zero-order chi connectivity index (χ0) is 17.6. The standard InChI is InChI=1S/C19H31N5O/c1-3-15(4-2)19(25)22-17-13-18(21-14-20-17)24-11-9-23(10-12-24)16-7-5-6-8-16/h13-16H,3-12H2,1-2H3,(H,20,21,22,25). The summed E-state index contributed by atoms with van der Waals surface area (Å²) in [6.07, 6.45) is 8.75. The van der Waals surface area contributed by atoms with Crippen molar-refractivity contribution in [2.75, 3.05) is 36.4 Å². The summed E-state index contributed by atoms with van der Waals surface area (Å²) in [6.45, 7) is 8.28. The average molecular weight is 345 g/mol. The molecule has 0 atom stereocenters. The Morgan fingerprint density at radius 3 is 2.48 bits per heavy atom. The summed E-state index contributed by atoms with van der Waals surface area (Å²) in [5.41, 5.74) is 0. The molecule has 1 aromatic heterocycles. The highest BCUT2D eigenvalue weighted by atomic mass is 16.1. The second-order valence-electron chi connectivity index (χ2n) is 7.23. The fourth-order valence-electron chi connectivity index (χ4n) is 4.06. The predicted octanol–water partition coefficient (Wildman–Crippen LogP) is 2.92. The van der Waals surface area contributed by atoms with Crippen molar-refractivity contribution in [1.82, 2.24) is 14.9 Å². The van der Waals surface area contributed by atoms with Crippen molar-refractivity contribution in [2.45, 2.75) is 58.4 Å². The van der Waals surface area contributed by atoms with E-state index in [1.54, 1.807) is 6.33 Å². The lowest BCUT2D eigenvalue weighted by molar-refractivity contribution is -0.120. The highest BCUT2D eigenvalue weighted by Crippen LogP contribution is 2.25. The Morgan fingerprint density at radius 2 is 1.84 bits per heavy atom. The summed E-state index contributed by atoms with van der Waals surface area (Å²) < 4.78 is 0. The van der Waals surface area contributed by atoms with Crippen LogP contribution in [0.3, 0.4) is 0 Å². The van der Waals surface area contributed by atoms with Crippen LogP contribution in [0.1, 0.15) is 52.4 Å². The van der Waals surface area contributed by atoms with E-state index in [-0.39, 0.29) is 11.8 Å². The summed E-state index contributed by atoms with van der Waals surface area (Å²) >= 11 is 0. The maximum absolute atomic E-state index is 12.3. The van der Waals surface area contributed by atoms with Crippen molar-refractivity contribution < 1.29 is 4.79 Å². The molecular formula is C19H31N5O. The summed E-state index contributed by atoms with van der Waals surface area (Å²) in [6, 6.07) is 2.70. The van der Waals surface area contributed by atoms with Crippen LogP contribution in [0.2, 0.25) is 0 Å². The summed E-state index contributed by atoms with van der Waals surface area (Å²) in [7, 11) is 0. The van der Waals surface area contributed by atoms with E-state index < -0.39 is 0 Å². The lowest BCUT2D eigenvalue weighted by atomic mass is 10.0. The van der Waals surface area contributed by atoms with Crippen LogP contribution in [-0.2, 0) is 4.79 Å². The normalized spacial score (nSPS) is 19.6. The first-order valence-corrected chi connectivity index (χ1v) is 9.83. The Balaban J connectivity index is 1.57. The first-order chi connectivity index (χ1) is 12.2.